The molecule has 0 fully saturated rings. The topological polar surface area (TPSA) is 79.1 Å². The number of fused-ring (bicyclic) bond motifs is 2. The van der Waals surface area contributed by atoms with Crippen molar-refractivity contribution in [3.8, 4) is 11.5 Å². The van der Waals surface area contributed by atoms with E-state index in [1.54, 1.807) is 36.5 Å². The molecule has 0 aliphatic carbocycles. The first-order valence-corrected chi connectivity index (χ1v) is 8.62. The molecule has 0 radical (unpaired) electrons. The van der Waals surface area contributed by atoms with Crippen molar-refractivity contribution in [2.24, 2.45) is 0 Å². The third kappa shape index (κ3) is 3.28. The van der Waals surface area contributed by atoms with Gasteiger partial charge in [-0.2, -0.15) is 0 Å². The molecule has 7 nitrogen and oxygen atoms in total. The fraction of sp³-hybridized carbons (Fsp3) is 0.167. The van der Waals surface area contributed by atoms with Gasteiger partial charge in [-0.05, 0) is 40.2 Å². The van der Waals surface area contributed by atoms with Crippen LogP contribution in [-0.4, -0.2) is 28.1 Å². The van der Waals surface area contributed by atoms with E-state index in [0.29, 0.717) is 22.8 Å². The molecule has 26 heavy (non-hydrogen) atoms. The molecule has 1 aliphatic heterocycles. The summed E-state index contributed by atoms with van der Waals surface area (Å²) in [4.78, 5) is 28.7. The number of carbonyl (C=O) groups is 1. The van der Waals surface area contributed by atoms with Crippen molar-refractivity contribution < 1.29 is 19.0 Å². The number of hydrogen-bond donors (Lipinski definition) is 0. The molecule has 0 spiro atoms. The van der Waals surface area contributed by atoms with Gasteiger partial charge in [-0.25, -0.2) is 9.78 Å². The summed E-state index contributed by atoms with van der Waals surface area (Å²) >= 11 is 3.31. The molecule has 3 heterocycles. The maximum absolute atomic E-state index is 12.2. The number of benzene rings is 1. The average molecular weight is 417 g/mol. The van der Waals surface area contributed by atoms with E-state index in [9.17, 15) is 9.59 Å². The zero-order chi connectivity index (χ0) is 18.1. The molecule has 0 unspecified atom stereocenters. The second-order valence-electron chi connectivity index (χ2n) is 5.63. The predicted molar refractivity (Wildman–Crippen MR) is 95.3 cm³/mol. The highest BCUT2D eigenvalue weighted by molar-refractivity contribution is 9.10. The Morgan fingerprint density at radius 1 is 1.27 bits per heavy atom. The lowest BCUT2D eigenvalue weighted by atomic mass is 10.2. The molecule has 0 saturated heterocycles. The molecule has 2 aromatic heterocycles. The average Bonchev–Trinajstić information content (AvgIpc) is 2.66. The number of nitrogens with zero attached hydrogens (tertiary/aromatic N) is 2. The van der Waals surface area contributed by atoms with E-state index >= 15 is 0 Å². The molecule has 0 bridgehead atoms. The Balaban J connectivity index is 1.46. The van der Waals surface area contributed by atoms with Crippen LogP contribution in [0.2, 0.25) is 0 Å². The Morgan fingerprint density at radius 3 is 2.92 bits per heavy atom. The fourth-order valence-electron chi connectivity index (χ4n) is 2.57. The van der Waals surface area contributed by atoms with Crippen LogP contribution in [0.25, 0.3) is 5.65 Å². The Hall–Kier alpha value is -2.87. The van der Waals surface area contributed by atoms with Crippen molar-refractivity contribution in [1.29, 1.82) is 0 Å². The molecule has 3 aromatic rings. The Labute approximate surface area is 156 Å². The first-order chi connectivity index (χ1) is 12.6. The van der Waals surface area contributed by atoms with Crippen molar-refractivity contribution >= 4 is 27.5 Å². The minimum atomic E-state index is -0.859. The second kappa shape index (κ2) is 6.80. The Kier molecular flexibility index (Phi) is 4.34. The first kappa shape index (κ1) is 16.6. The maximum Gasteiger partial charge on any atom is 0.351 e. The number of halogens is 1. The van der Waals surface area contributed by atoms with Gasteiger partial charge in [0.15, 0.2) is 11.5 Å². The third-order valence-corrected chi connectivity index (χ3v) is 4.28. The minimum absolute atomic E-state index is 0.0671. The molecule has 1 aromatic carbocycles. The van der Waals surface area contributed by atoms with Crippen LogP contribution in [0.3, 0.4) is 0 Å². The number of pyridine rings is 1. The van der Waals surface area contributed by atoms with Gasteiger partial charge in [0.1, 0.15) is 18.9 Å². The van der Waals surface area contributed by atoms with Gasteiger partial charge in [-0.15, -0.1) is 0 Å². The number of hydrogen-bond acceptors (Lipinski definition) is 6. The van der Waals surface area contributed by atoms with Gasteiger partial charge in [0, 0.05) is 16.7 Å². The predicted octanol–water partition coefficient (Wildman–Crippen LogP) is 2.34. The molecular formula is C18H13BrN2O5. The summed E-state index contributed by atoms with van der Waals surface area (Å²) < 4.78 is 18.5. The highest BCUT2D eigenvalue weighted by Crippen LogP contribution is 2.31. The van der Waals surface area contributed by atoms with Crippen molar-refractivity contribution in [3.05, 3.63) is 69.2 Å². The van der Waals surface area contributed by atoms with Gasteiger partial charge in [0.05, 0.1) is 5.69 Å². The van der Waals surface area contributed by atoms with E-state index in [2.05, 4.69) is 20.9 Å². The molecule has 1 aliphatic rings. The highest BCUT2D eigenvalue weighted by atomic mass is 79.9. The number of esters is 1. The molecular weight excluding hydrogens is 404 g/mol. The number of ether oxygens (including phenoxy) is 3. The highest BCUT2D eigenvalue weighted by Gasteiger charge is 2.28. The molecule has 8 heteroatoms. The SMILES string of the molecule is O=C(OCc1cc(=O)n2cc(Br)ccc2n1)[C@@H]1COc2ccccc2O1. The number of aromatic nitrogens is 2. The van der Waals surface area contributed by atoms with E-state index in [4.69, 9.17) is 14.2 Å². The third-order valence-electron chi connectivity index (χ3n) is 3.81. The summed E-state index contributed by atoms with van der Waals surface area (Å²) in [5, 5.41) is 0. The van der Waals surface area contributed by atoms with Crippen molar-refractivity contribution in [2.75, 3.05) is 6.61 Å². The Bertz CT molecular complexity index is 1050. The van der Waals surface area contributed by atoms with Crippen LogP contribution >= 0.6 is 15.9 Å². The van der Waals surface area contributed by atoms with E-state index in [0.717, 1.165) is 4.47 Å². The summed E-state index contributed by atoms with van der Waals surface area (Å²) in [5.74, 6) is 0.512. The quantitative estimate of drug-likeness (QED) is 0.609. The smallest absolute Gasteiger partial charge is 0.351 e. The zero-order valence-corrected chi connectivity index (χ0v) is 15.0. The Morgan fingerprint density at radius 2 is 2.08 bits per heavy atom. The molecule has 0 amide bonds. The van der Waals surface area contributed by atoms with Gasteiger partial charge >= 0.3 is 5.97 Å². The molecule has 1 atom stereocenters. The zero-order valence-electron chi connectivity index (χ0n) is 13.4. The van der Waals surface area contributed by atoms with E-state index in [-0.39, 0.29) is 18.8 Å². The van der Waals surface area contributed by atoms with E-state index in [1.807, 2.05) is 6.07 Å². The van der Waals surface area contributed by atoms with Crippen molar-refractivity contribution in [2.45, 2.75) is 12.7 Å². The van der Waals surface area contributed by atoms with Gasteiger partial charge in [0.2, 0.25) is 6.10 Å². The largest absolute Gasteiger partial charge is 0.485 e. The van der Waals surface area contributed by atoms with Crippen LogP contribution in [0.1, 0.15) is 5.69 Å². The lowest BCUT2D eigenvalue weighted by Gasteiger charge is -2.24. The molecule has 0 saturated carbocycles. The summed E-state index contributed by atoms with van der Waals surface area (Å²) in [7, 11) is 0. The number of para-hydroxylation sites is 2. The molecule has 4 rings (SSSR count). The lowest BCUT2D eigenvalue weighted by Crippen LogP contribution is -2.37. The standard InChI is InChI=1S/C18H13BrN2O5/c19-11-5-6-16-20-12(7-17(22)21(16)8-11)9-25-18(23)15-10-24-13-3-1-2-4-14(13)26-15/h1-8,15H,9-10H2/t15-/m0/s1. The van der Waals surface area contributed by atoms with Crippen LogP contribution in [0.15, 0.2) is 57.9 Å². The first-order valence-electron chi connectivity index (χ1n) is 7.83. The van der Waals surface area contributed by atoms with Gasteiger partial charge < -0.3 is 14.2 Å². The summed E-state index contributed by atoms with van der Waals surface area (Å²) in [6.07, 6.45) is 0.771. The minimum Gasteiger partial charge on any atom is -0.485 e. The summed E-state index contributed by atoms with van der Waals surface area (Å²) in [6, 6.07) is 11.9. The summed E-state index contributed by atoms with van der Waals surface area (Å²) in [5.41, 5.74) is 0.578. The molecule has 0 N–H and O–H groups in total. The fourth-order valence-corrected chi connectivity index (χ4v) is 2.91. The van der Waals surface area contributed by atoms with Gasteiger partial charge in [-0.3, -0.25) is 9.20 Å². The summed E-state index contributed by atoms with van der Waals surface area (Å²) in [6.45, 7) is -0.0557. The van der Waals surface area contributed by atoms with E-state index in [1.165, 1.54) is 10.5 Å². The van der Waals surface area contributed by atoms with Crippen molar-refractivity contribution in [1.82, 2.24) is 9.38 Å². The van der Waals surface area contributed by atoms with Crippen LogP contribution in [0, 0.1) is 0 Å². The van der Waals surface area contributed by atoms with Crippen molar-refractivity contribution in [3.63, 3.8) is 0 Å². The van der Waals surface area contributed by atoms with Gasteiger partial charge in [-0.1, -0.05) is 12.1 Å². The second-order valence-corrected chi connectivity index (χ2v) is 6.55. The van der Waals surface area contributed by atoms with Crippen LogP contribution < -0.4 is 15.0 Å². The van der Waals surface area contributed by atoms with Gasteiger partial charge in [0.25, 0.3) is 5.56 Å². The van der Waals surface area contributed by atoms with Crippen LogP contribution in [-0.2, 0) is 16.1 Å². The van der Waals surface area contributed by atoms with E-state index < -0.39 is 12.1 Å². The van der Waals surface area contributed by atoms with Crippen LogP contribution in [0.5, 0.6) is 11.5 Å². The number of carbonyl (C=O) groups excluding carboxylic acids is 1. The molecule has 132 valence electrons. The van der Waals surface area contributed by atoms with Crippen LogP contribution in [0.4, 0.5) is 0 Å². The monoisotopic (exact) mass is 416 g/mol. The normalized spacial score (nSPS) is 15.7. The lowest BCUT2D eigenvalue weighted by molar-refractivity contribution is -0.156. The number of rotatable bonds is 3. The maximum atomic E-state index is 12.2.